The summed E-state index contributed by atoms with van der Waals surface area (Å²) in [6.07, 6.45) is 7.26. The molecule has 2 saturated carbocycles. The van der Waals surface area contributed by atoms with Crippen LogP contribution in [0.25, 0.3) is 16.9 Å². The molecule has 0 N–H and O–H groups in total. The third-order valence-corrected chi connectivity index (χ3v) is 6.86. The zero-order chi connectivity index (χ0) is 25.0. The highest BCUT2D eigenvalue weighted by Crippen LogP contribution is 2.56. The Morgan fingerprint density at radius 2 is 1.94 bits per heavy atom. The van der Waals surface area contributed by atoms with Gasteiger partial charge in [-0.1, -0.05) is 11.6 Å². The van der Waals surface area contributed by atoms with Gasteiger partial charge in [-0.05, 0) is 18.4 Å². The van der Waals surface area contributed by atoms with Crippen molar-refractivity contribution in [3.63, 3.8) is 0 Å². The number of imidazole rings is 1. The predicted octanol–water partition coefficient (Wildman–Crippen LogP) is 4.56. The summed E-state index contributed by atoms with van der Waals surface area (Å²) in [4.78, 5) is 17.4. The number of pyridine rings is 1. The number of hydrogen-bond acceptors (Lipinski definition) is 8. The molecule has 0 spiro atoms. The SMILES string of the molecule is COc1ncc(-c2cc([C@H]3C[C@@H]3c3cc(OCC4CC4(F)F)c(Cl)cn3)c3nccn3n2)c(OC)n1. The van der Waals surface area contributed by atoms with Gasteiger partial charge in [0.05, 0.1) is 38.0 Å². The zero-order valence-electron chi connectivity index (χ0n) is 19.4. The molecule has 186 valence electrons. The second-order valence-electron chi connectivity index (χ2n) is 8.92. The molecule has 0 aromatic carbocycles. The van der Waals surface area contributed by atoms with Gasteiger partial charge in [0, 0.05) is 54.4 Å². The highest BCUT2D eigenvalue weighted by Gasteiger charge is 2.57. The Balaban J connectivity index is 1.30. The van der Waals surface area contributed by atoms with Crippen molar-refractivity contribution in [1.82, 2.24) is 29.5 Å². The summed E-state index contributed by atoms with van der Waals surface area (Å²) in [5, 5.41) is 4.96. The first kappa shape index (κ1) is 22.8. The summed E-state index contributed by atoms with van der Waals surface area (Å²) in [7, 11) is 3.01. The molecule has 6 rings (SSSR count). The normalized spacial score (nSPS) is 21.9. The van der Waals surface area contributed by atoms with Crippen molar-refractivity contribution < 1.29 is 23.0 Å². The van der Waals surface area contributed by atoms with Crippen LogP contribution >= 0.6 is 11.6 Å². The lowest BCUT2D eigenvalue weighted by atomic mass is 10.1. The number of halogens is 3. The van der Waals surface area contributed by atoms with Crippen LogP contribution in [0.15, 0.2) is 36.9 Å². The second-order valence-corrected chi connectivity index (χ2v) is 9.33. The molecule has 0 radical (unpaired) electrons. The van der Waals surface area contributed by atoms with Crippen molar-refractivity contribution in [3.8, 4) is 28.9 Å². The van der Waals surface area contributed by atoms with E-state index in [0.29, 0.717) is 27.9 Å². The van der Waals surface area contributed by atoms with E-state index in [1.165, 1.54) is 20.4 Å². The van der Waals surface area contributed by atoms with Crippen molar-refractivity contribution >= 4 is 17.2 Å². The van der Waals surface area contributed by atoms with E-state index in [0.717, 1.165) is 23.3 Å². The third-order valence-electron chi connectivity index (χ3n) is 6.58. The Morgan fingerprint density at radius 1 is 1.11 bits per heavy atom. The summed E-state index contributed by atoms with van der Waals surface area (Å²) in [5.74, 6) is -2.48. The molecule has 3 atom stereocenters. The van der Waals surface area contributed by atoms with Crippen LogP contribution in [-0.4, -0.2) is 56.3 Å². The van der Waals surface area contributed by atoms with E-state index in [9.17, 15) is 8.78 Å². The Kier molecular flexibility index (Phi) is 5.40. The van der Waals surface area contributed by atoms with Gasteiger partial charge in [-0.15, -0.1) is 0 Å². The van der Waals surface area contributed by atoms with Crippen LogP contribution in [0.5, 0.6) is 17.6 Å². The van der Waals surface area contributed by atoms with Gasteiger partial charge in [-0.3, -0.25) is 4.98 Å². The van der Waals surface area contributed by atoms with Crippen molar-refractivity contribution in [2.24, 2.45) is 5.92 Å². The van der Waals surface area contributed by atoms with Crippen molar-refractivity contribution in [1.29, 1.82) is 0 Å². The van der Waals surface area contributed by atoms with Crippen LogP contribution in [-0.2, 0) is 0 Å². The van der Waals surface area contributed by atoms with Crippen molar-refractivity contribution in [2.75, 3.05) is 20.8 Å². The number of rotatable bonds is 8. The van der Waals surface area contributed by atoms with Gasteiger partial charge in [0.25, 0.3) is 5.92 Å². The number of alkyl halides is 2. The number of ether oxygens (including phenoxy) is 3. The summed E-state index contributed by atoms with van der Waals surface area (Å²) < 4.78 is 44.4. The van der Waals surface area contributed by atoms with Crippen LogP contribution in [0, 0.1) is 5.92 Å². The molecular weight excluding hydrogens is 494 g/mol. The maximum Gasteiger partial charge on any atom is 0.319 e. The highest BCUT2D eigenvalue weighted by atomic mass is 35.5. The van der Waals surface area contributed by atoms with E-state index >= 15 is 0 Å². The molecule has 36 heavy (non-hydrogen) atoms. The number of aromatic nitrogens is 6. The van der Waals surface area contributed by atoms with E-state index < -0.39 is 11.8 Å². The first-order chi connectivity index (χ1) is 17.4. The zero-order valence-corrected chi connectivity index (χ0v) is 20.1. The molecule has 0 amide bonds. The first-order valence-electron chi connectivity index (χ1n) is 11.3. The molecule has 2 fully saturated rings. The largest absolute Gasteiger partial charge is 0.491 e. The molecule has 0 bridgehead atoms. The van der Waals surface area contributed by atoms with Gasteiger partial charge in [0.15, 0.2) is 5.65 Å². The Hall–Kier alpha value is -3.60. The van der Waals surface area contributed by atoms with Gasteiger partial charge in [0.2, 0.25) is 5.88 Å². The molecule has 4 aromatic heterocycles. The fraction of sp³-hybridized carbons (Fsp3) is 0.375. The maximum atomic E-state index is 13.2. The van der Waals surface area contributed by atoms with Gasteiger partial charge in [0.1, 0.15) is 10.8 Å². The lowest BCUT2D eigenvalue weighted by Gasteiger charge is -2.11. The van der Waals surface area contributed by atoms with Crippen molar-refractivity contribution in [2.45, 2.75) is 30.6 Å². The average molecular weight is 515 g/mol. The summed E-state index contributed by atoms with van der Waals surface area (Å²) in [6.45, 7) is -0.0710. The molecule has 2 aliphatic carbocycles. The first-order valence-corrected chi connectivity index (χ1v) is 11.7. The standard InChI is InChI=1S/C24H21ClF2N6O3/c1-34-22-16(9-30-23(31-22)35-2)19-6-15(21-28-3-4-33(21)32-19)13-5-14(13)18-7-20(17(25)10-29-18)36-11-12-8-24(12,26)27/h3-4,6-7,9-10,12-14H,5,8,11H2,1-2H3/t12?,13-,14-/m0/s1. The molecule has 12 heteroatoms. The lowest BCUT2D eigenvalue weighted by molar-refractivity contribution is 0.0856. The van der Waals surface area contributed by atoms with E-state index in [1.54, 1.807) is 29.2 Å². The van der Waals surface area contributed by atoms with E-state index in [4.69, 9.17) is 25.8 Å². The quantitative estimate of drug-likeness (QED) is 0.338. The summed E-state index contributed by atoms with van der Waals surface area (Å²) in [6, 6.07) is 3.90. The predicted molar refractivity (Wildman–Crippen MR) is 125 cm³/mol. The van der Waals surface area contributed by atoms with Gasteiger partial charge in [-0.25, -0.2) is 23.3 Å². The van der Waals surface area contributed by atoms with Crippen LogP contribution in [0.3, 0.4) is 0 Å². The Bertz CT molecular complexity index is 1470. The maximum absolute atomic E-state index is 13.2. The molecule has 4 aromatic rings. The topological polar surface area (TPSA) is 96.6 Å². The monoisotopic (exact) mass is 514 g/mol. The van der Waals surface area contributed by atoms with Gasteiger partial charge < -0.3 is 14.2 Å². The number of nitrogens with zero attached hydrogens (tertiary/aromatic N) is 6. The number of fused-ring (bicyclic) bond motifs is 1. The fourth-order valence-electron chi connectivity index (χ4n) is 4.38. The van der Waals surface area contributed by atoms with Gasteiger partial charge in [-0.2, -0.15) is 10.1 Å². The molecule has 0 saturated heterocycles. The second kappa shape index (κ2) is 8.51. The minimum Gasteiger partial charge on any atom is -0.491 e. The minimum atomic E-state index is -2.64. The van der Waals surface area contributed by atoms with Crippen LogP contribution in [0.1, 0.15) is 35.9 Å². The molecular formula is C24H21ClF2N6O3. The minimum absolute atomic E-state index is 0.0710. The van der Waals surface area contributed by atoms with E-state index in [2.05, 4.69) is 25.0 Å². The molecule has 4 heterocycles. The van der Waals surface area contributed by atoms with Crippen LogP contribution in [0.2, 0.25) is 5.02 Å². The Labute approximate surface area is 209 Å². The van der Waals surface area contributed by atoms with E-state index in [1.807, 2.05) is 6.07 Å². The molecule has 2 aliphatic rings. The summed E-state index contributed by atoms with van der Waals surface area (Å²) in [5.41, 5.74) is 3.75. The average Bonchev–Trinajstić information content (AvgIpc) is 3.73. The highest BCUT2D eigenvalue weighted by molar-refractivity contribution is 6.31. The third kappa shape index (κ3) is 4.06. The smallest absolute Gasteiger partial charge is 0.319 e. The molecule has 1 unspecified atom stereocenters. The van der Waals surface area contributed by atoms with Crippen LogP contribution in [0.4, 0.5) is 8.78 Å². The fourth-order valence-corrected chi connectivity index (χ4v) is 4.54. The number of methoxy groups -OCH3 is 2. The lowest BCUT2D eigenvalue weighted by Crippen LogP contribution is -2.06. The number of hydrogen-bond donors (Lipinski definition) is 0. The van der Waals surface area contributed by atoms with Crippen LogP contribution < -0.4 is 14.2 Å². The summed E-state index contributed by atoms with van der Waals surface area (Å²) >= 11 is 6.22. The van der Waals surface area contributed by atoms with E-state index in [-0.39, 0.29) is 30.9 Å². The molecule has 0 aliphatic heterocycles. The Morgan fingerprint density at radius 3 is 2.69 bits per heavy atom. The molecule has 9 nitrogen and oxygen atoms in total. The van der Waals surface area contributed by atoms with Crippen molar-refractivity contribution in [3.05, 3.63) is 53.2 Å². The van der Waals surface area contributed by atoms with Gasteiger partial charge >= 0.3 is 6.01 Å².